The second kappa shape index (κ2) is 8.28. The van der Waals surface area contributed by atoms with Gasteiger partial charge in [0.2, 0.25) is 0 Å². The van der Waals surface area contributed by atoms with Crippen LogP contribution in [0, 0.1) is 0 Å². The average Bonchev–Trinajstić information content (AvgIpc) is 3.24. The van der Waals surface area contributed by atoms with Crippen LogP contribution in [0.4, 0.5) is 9.93 Å². The lowest BCUT2D eigenvalue weighted by Gasteiger charge is -2.35. The van der Waals surface area contributed by atoms with E-state index in [1.54, 1.807) is 28.9 Å². The summed E-state index contributed by atoms with van der Waals surface area (Å²) in [6, 6.07) is 1.41. The quantitative estimate of drug-likeness (QED) is 0.792. The van der Waals surface area contributed by atoms with Crippen LogP contribution < -0.4 is 5.32 Å². The lowest BCUT2D eigenvalue weighted by Crippen LogP contribution is -2.46. The number of carbonyl (C=O) groups excluding carboxylic acids is 2. The zero-order chi connectivity index (χ0) is 18.5. The topological polar surface area (TPSA) is 98.6 Å². The van der Waals surface area contributed by atoms with Crippen molar-refractivity contribution in [3.8, 4) is 0 Å². The summed E-state index contributed by atoms with van der Waals surface area (Å²) in [6.07, 6.45) is 3.42. The van der Waals surface area contributed by atoms with Crippen LogP contribution in [-0.4, -0.2) is 58.0 Å². The van der Waals surface area contributed by atoms with Gasteiger partial charge in [0.1, 0.15) is 0 Å². The molecule has 1 aliphatic heterocycles. The van der Waals surface area contributed by atoms with E-state index in [2.05, 4.69) is 15.4 Å². The summed E-state index contributed by atoms with van der Waals surface area (Å²) in [6.45, 7) is 3.47. The smallest absolute Gasteiger partial charge is 0.324 e. The number of aryl methyl sites for hydroxylation is 1. The van der Waals surface area contributed by atoms with Gasteiger partial charge in [0.25, 0.3) is 0 Å². The number of hydrogen-bond donors (Lipinski definition) is 1. The minimum absolute atomic E-state index is 0.149. The predicted octanol–water partition coefficient (Wildman–Crippen LogP) is 1.59. The number of urea groups is 1. The van der Waals surface area contributed by atoms with Crippen molar-refractivity contribution in [3.05, 3.63) is 29.0 Å². The molecular formula is C16H21N5O4S. The Morgan fingerprint density at radius 2 is 2.35 bits per heavy atom. The summed E-state index contributed by atoms with van der Waals surface area (Å²) in [5, 5.41) is 7.42. The van der Waals surface area contributed by atoms with Crippen molar-refractivity contribution in [1.82, 2.24) is 19.7 Å². The van der Waals surface area contributed by atoms with Gasteiger partial charge in [0.15, 0.2) is 5.13 Å². The molecule has 0 spiro atoms. The number of aromatic nitrogens is 3. The number of rotatable bonds is 5. The summed E-state index contributed by atoms with van der Waals surface area (Å²) >= 11 is 1.26. The highest BCUT2D eigenvalue weighted by atomic mass is 32.1. The van der Waals surface area contributed by atoms with E-state index in [4.69, 9.17) is 9.47 Å². The number of nitrogens with one attached hydrogen (secondary N) is 1. The van der Waals surface area contributed by atoms with E-state index in [1.165, 1.54) is 11.3 Å². The third kappa shape index (κ3) is 4.20. The molecular weight excluding hydrogens is 358 g/mol. The van der Waals surface area contributed by atoms with Gasteiger partial charge in [-0.25, -0.2) is 9.78 Å². The second-order valence-corrected chi connectivity index (χ2v) is 6.82. The normalized spacial score (nSPS) is 17.2. The molecule has 1 aliphatic rings. The molecule has 0 aliphatic carbocycles. The predicted molar refractivity (Wildman–Crippen MR) is 94.9 cm³/mol. The Morgan fingerprint density at radius 1 is 1.50 bits per heavy atom. The molecule has 2 aromatic rings. The lowest BCUT2D eigenvalue weighted by atomic mass is 10.1. The maximum absolute atomic E-state index is 12.7. The highest BCUT2D eigenvalue weighted by molar-refractivity contribution is 7.15. The minimum Gasteiger partial charge on any atom is -0.466 e. The molecule has 26 heavy (non-hydrogen) atoms. The fraction of sp³-hybridized carbons (Fsp3) is 0.500. The van der Waals surface area contributed by atoms with Crippen LogP contribution in [0.3, 0.4) is 0 Å². The molecule has 2 aromatic heterocycles. The zero-order valence-corrected chi connectivity index (χ0v) is 15.5. The standard InChI is InChI=1S/C16H21N5O4S/c1-3-25-14(22)8-11-9-17-15(26-11)19-16(23)21-6-7-24-10-13(21)12-4-5-18-20(12)2/h4-5,9,13H,3,6-8,10H2,1-2H3,(H,17,19,23). The van der Waals surface area contributed by atoms with E-state index < -0.39 is 0 Å². The van der Waals surface area contributed by atoms with Gasteiger partial charge in [-0.15, -0.1) is 11.3 Å². The van der Waals surface area contributed by atoms with Crippen LogP contribution >= 0.6 is 11.3 Å². The first kappa shape index (κ1) is 18.3. The molecule has 1 N–H and O–H groups in total. The number of nitrogens with zero attached hydrogens (tertiary/aromatic N) is 4. The summed E-state index contributed by atoms with van der Waals surface area (Å²) in [4.78, 5) is 30.9. The summed E-state index contributed by atoms with van der Waals surface area (Å²) in [5.41, 5.74) is 0.905. The Kier molecular flexibility index (Phi) is 5.84. The third-order valence-corrected chi connectivity index (χ3v) is 4.89. The molecule has 9 nitrogen and oxygen atoms in total. The minimum atomic E-state index is -0.307. The van der Waals surface area contributed by atoms with Crippen molar-refractivity contribution < 1.29 is 19.1 Å². The van der Waals surface area contributed by atoms with Crippen molar-refractivity contribution >= 4 is 28.5 Å². The van der Waals surface area contributed by atoms with Crippen LogP contribution in [0.2, 0.25) is 0 Å². The van der Waals surface area contributed by atoms with E-state index in [0.717, 1.165) is 10.6 Å². The van der Waals surface area contributed by atoms with E-state index in [9.17, 15) is 9.59 Å². The molecule has 1 atom stereocenters. The Morgan fingerprint density at radius 3 is 3.08 bits per heavy atom. The monoisotopic (exact) mass is 379 g/mol. The molecule has 1 unspecified atom stereocenters. The van der Waals surface area contributed by atoms with Crippen LogP contribution in [-0.2, 0) is 27.7 Å². The van der Waals surface area contributed by atoms with E-state index in [0.29, 0.717) is 31.5 Å². The molecule has 1 saturated heterocycles. The molecule has 10 heteroatoms. The first-order valence-corrected chi connectivity index (χ1v) is 9.13. The van der Waals surface area contributed by atoms with Crippen LogP contribution in [0.1, 0.15) is 23.5 Å². The van der Waals surface area contributed by atoms with Gasteiger partial charge in [-0.3, -0.25) is 14.8 Å². The first-order chi connectivity index (χ1) is 12.6. The fourth-order valence-corrected chi connectivity index (χ4v) is 3.55. The number of amides is 2. The Labute approximate surface area is 154 Å². The molecule has 0 saturated carbocycles. The van der Waals surface area contributed by atoms with Crippen LogP contribution in [0.25, 0.3) is 0 Å². The molecule has 2 amide bonds. The van der Waals surface area contributed by atoms with Crippen molar-refractivity contribution in [1.29, 1.82) is 0 Å². The Hall–Kier alpha value is -2.46. The van der Waals surface area contributed by atoms with Crippen LogP contribution in [0.5, 0.6) is 0 Å². The van der Waals surface area contributed by atoms with E-state index >= 15 is 0 Å². The number of thiazole rings is 1. The fourth-order valence-electron chi connectivity index (χ4n) is 2.77. The van der Waals surface area contributed by atoms with Crippen LogP contribution in [0.15, 0.2) is 18.5 Å². The Bertz CT molecular complexity index is 774. The zero-order valence-electron chi connectivity index (χ0n) is 14.7. The average molecular weight is 379 g/mol. The largest absolute Gasteiger partial charge is 0.466 e. The second-order valence-electron chi connectivity index (χ2n) is 5.71. The van der Waals surface area contributed by atoms with Gasteiger partial charge in [0.05, 0.1) is 38.0 Å². The number of ether oxygens (including phenoxy) is 2. The summed E-state index contributed by atoms with van der Waals surface area (Å²) in [7, 11) is 1.84. The first-order valence-electron chi connectivity index (χ1n) is 8.32. The number of esters is 1. The third-order valence-electron chi connectivity index (χ3n) is 3.98. The number of carbonyl (C=O) groups is 2. The van der Waals surface area contributed by atoms with E-state index in [-0.39, 0.29) is 24.5 Å². The number of morpholine rings is 1. The van der Waals surface area contributed by atoms with Crippen molar-refractivity contribution in [3.63, 3.8) is 0 Å². The van der Waals surface area contributed by atoms with Gasteiger partial charge in [-0.05, 0) is 13.0 Å². The molecule has 0 aromatic carbocycles. The van der Waals surface area contributed by atoms with Gasteiger partial charge in [-0.2, -0.15) is 5.10 Å². The molecule has 0 radical (unpaired) electrons. The van der Waals surface area contributed by atoms with Crippen molar-refractivity contribution in [2.24, 2.45) is 7.05 Å². The summed E-state index contributed by atoms with van der Waals surface area (Å²) < 4.78 is 12.2. The highest BCUT2D eigenvalue weighted by Gasteiger charge is 2.31. The molecule has 1 fully saturated rings. The van der Waals surface area contributed by atoms with Gasteiger partial charge in [-0.1, -0.05) is 0 Å². The maximum atomic E-state index is 12.7. The van der Waals surface area contributed by atoms with Crippen molar-refractivity contribution in [2.45, 2.75) is 19.4 Å². The summed E-state index contributed by atoms with van der Waals surface area (Å²) in [5.74, 6) is -0.307. The molecule has 3 heterocycles. The van der Waals surface area contributed by atoms with Crippen molar-refractivity contribution in [2.75, 3.05) is 31.7 Å². The molecule has 0 bridgehead atoms. The van der Waals surface area contributed by atoms with Gasteiger partial charge >= 0.3 is 12.0 Å². The lowest BCUT2D eigenvalue weighted by molar-refractivity contribution is -0.142. The maximum Gasteiger partial charge on any atom is 0.324 e. The van der Waals surface area contributed by atoms with E-state index in [1.807, 2.05) is 13.1 Å². The SMILES string of the molecule is CCOC(=O)Cc1cnc(NC(=O)N2CCOCC2c2ccnn2C)s1. The highest BCUT2D eigenvalue weighted by Crippen LogP contribution is 2.25. The molecule has 3 rings (SSSR count). The molecule has 140 valence electrons. The van der Waals surface area contributed by atoms with Gasteiger partial charge < -0.3 is 14.4 Å². The Balaban J connectivity index is 1.66. The van der Waals surface area contributed by atoms with Gasteiger partial charge in [0, 0.05) is 30.9 Å². The number of anilines is 1. The number of hydrogen-bond acceptors (Lipinski definition) is 7.